The number of carbonyl (C=O) groups is 1. The average Bonchev–Trinajstić information content (AvgIpc) is 3.42. The highest BCUT2D eigenvalue weighted by molar-refractivity contribution is 8.01. The van der Waals surface area contributed by atoms with Crippen molar-refractivity contribution < 1.29 is 18.0 Å². The zero-order valence-electron chi connectivity index (χ0n) is 23.2. The van der Waals surface area contributed by atoms with Crippen molar-refractivity contribution in [1.82, 2.24) is 19.4 Å². The van der Waals surface area contributed by atoms with E-state index in [1.807, 2.05) is 18.7 Å². The van der Waals surface area contributed by atoms with Crippen molar-refractivity contribution in [2.24, 2.45) is 5.41 Å². The number of alkyl halides is 3. The number of aromatic nitrogens is 3. The molecule has 2 N–H and O–H groups in total. The standard InChI is InChI=1S/C28H27F3N6O2S4/c1-4-18(38)35-6-14(3)36(7-13(35)2)23-15-5-17(28(29,30)31)19(16-8-41-24-20(16)33-25(32)43-24)22-21(15)37(26(39)34-23)9-27(12-42-22)10-40-11-27/h4-5,8,13-14H,1,6-7,9-12H2,2-3H3,(H2,32,33)/t13-,14+/m1/s1. The second-order valence-corrected chi connectivity index (χ2v) is 15.6. The lowest BCUT2D eigenvalue weighted by Crippen LogP contribution is -2.58. The van der Waals surface area contributed by atoms with E-state index in [1.165, 1.54) is 46.6 Å². The van der Waals surface area contributed by atoms with Crippen LogP contribution in [0.15, 0.2) is 33.8 Å². The Morgan fingerprint density at radius 3 is 2.63 bits per heavy atom. The quantitative estimate of drug-likeness (QED) is 0.275. The number of halogens is 3. The summed E-state index contributed by atoms with van der Waals surface area (Å²) in [6.07, 6.45) is -3.44. The monoisotopic (exact) mass is 664 g/mol. The van der Waals surface area contributed by atoms with Gasteiger partial charge in [0.1, 0.15) is 15.3 Å². The van der Waals surface area contributed by atoms with Crippen molar-refractivity contribution >= 4 is 83.5 Å². The van der Waals surface area contributed by atoms with Crippen molar-refractivity contribution in [3.63, 3.8) is 0 Å². The van der Waals surface area contributed by atoms with Gasteiger partial charge in [0.15, 0.2) is 5.13 Å². The number of amides is 1. The second kappa shape index (κ2) is 10.1. The molecule has 1 aromatic carbocycles. The molecule has 8 nitrogen and oxygen atoms in total. The Hall–Kier alpha value is -2.75. The molecule has 0 aliphatic carbocycles. The highest BCUT2D eigenvalue weighted by Gasteiger charge is 2.45. The summed E-state index contributed by atoms with van der Waals surface area (Å²) in [5.41, 5.74) is 5.82. The van der Waals surface area contributed by atoms with Gasteiger partial charge >= 0.3 is 11.9 Å². The van der Waals surface area contributed by atoms with Gasteiger partial charge in [0.25, 0.3) is 0 Å². The topological polar surface area (TPSA) is 97.4 Å². The van der Waals surface area contributed by atoms with Crippen molar-refractivity contribution in [1.29, 1.82) is 0 Å². The third-order valence-corrected chi connectivity index (χ3v) is 13.5. The molecule has 2 saturated heterocycles. The number of hydrogen-bond donors (Lipinski definition) is 1. The van der Waals surface area contributed by atoms with E-state index in [0.717, 1.165) is 15.5 Å². The molecule has 4 aromatic rings. The maximum Gasteiger partial charge on any atom is 0.417 e. The number of rotatable bonds is 3. The molecule has 0 radical (unpaired) electrons. The van der Waals surface area contributed by atoms with Crippen LogP contribution in [0.5, 0.6) is 0 Å². The number of thioether (sulfide) groups is 2. The van der Waals surface area contributed by atoms with Gasteiger partial charge in [0.2, 0.25) is 5.91 Å². The van der Waals surface area contributed by atoms with E-state index >= 15 is 13.2 Å². The summed E-state index contributed by atoms with van der Waals surface area (Å²) in [6, 6.07) is 0.597. The van der Waals surface area contributed by atoms with Gasteiger partial charge in [-0.3, -0.25) is 9.36 Å². The number of thiophene rings is 1. The van der Waals surface area contributed by atoms with Crippen LogP contribution in [0.2, 0.25) is 0 Å². The molecule has 0 bridgehead atoms. The predicted molar refractivity (Wildman–Crippen MR) is 171 cm³/mol. The van der Waals surface area contributed by atoms with E-state index in [4.69, 9.17) is 5.73 Å². The minimum atomic E-state index is -4.70. The lowest BCUT2D eigenvalue weighted by Gasteiger charge is -2.44. The summed E-state index contributed by atoms with van der Waals surface area (Å²) >= 11 is 5.73. The molecule has 3 aliphatic rings. The molecule has 43 heavy (non-hydrogen) atoms. The Kier molecular flexibility index (Phi) is 6.84. The van der Waals surface area contributed by atoms with Gasteiger partial charge in [0, 0.05) is 81.2 Å². The highest BCUT2D eigenvalue weighted by atomic mass is 32.2. The number of benzene rings is 1. The highest BCUT2D eigenvalue weighted by Crippen LogP contribution is 2.54. The molecular weight excluding hydrogens is 638 g/mol. The van der Waals surface area contributed by atoms with Crippen LogP contribution in [-0.2, 0) is 17.5 Å². The van der Waals surface area contributed by atoms with E-state index < -0.39 is 17.4 Å². The van der Waals surface area contributed by atoms with Gasteiger partial charge in [-0.05, 0) is 26.0 Å². The molecule has 2 fully saturated rings. The summed E-state index contributed by atoms with van der Waals surface area (Å²) in [4.78, 5) is 39.2. The number of carbonyl (C=O) groups excluding carboxylic acids is 1. The third-order valence-electron chi connectivity index (χ3n) is 8.47. The van der Waals surface area contributed by atoms with E-state index in [0.29, 0.717) is 52.0 Å². The molecule has 3 aliphatic heterocycles. The summed E-state index contributed by atoms with van der Waals surface area (Å²) in [5, 5.41) is 2.29. The molecule has 0 unspecified atom stereocenters. The average molecular weight is 665 g/mol. The molecule has 0 saturated carbocycles. The summed E-state index contributed by atoms with van der Waals surface area (Å²) in [5.74, 6) is 2.23. The maximum atomic E-state index is 15.1. The first-order chi connectivity index (χ1) is 20.4. The summed E-state index contributed by atoms with van der Waals surface area (Å²) in [6.45, 7) is 8.37. The van der Waals surface area contributed by atoms with Crippen LogP contribution in [0.1, 0.15) is 19.4 Å². The zero-order chi connectivity index (χ0) is 30.4. The largest absolute Gasteiger partial charge is 0.417 e. The Balaban J connectivity index is 1.53. The lowest BCUT2D eigenvalue weighted by atomic mass is 9.93. The molecule has 2 atom stereocenters. The number of hydrogen-bond acceptors (Lipinski definition) is 10. The molecule has 6 heterocycles. The van der Waals surface area contributed by atoms with Gasteiger partial charge in [-0.15, -0.1) is 23.1 Å². The fourth-order valence-electron chi connectivity index (χ4n) is 6.33. The van der Waals surface area contributed by atoms with Crippen LogP contribution in [0.4, 0.5) is 24.1 Å². The Labute approximate surface area is 261 Å². The number of piperazine rings is 1. The van der Waals surface area contributed by atoms with Crippen LogP contribution in [0, 0.1) is 5.41 Å². The number of thiazole rings is 1. The summed E-state index contributed by atoms with van der Waals surface area (Å²) < 4.78 is 47.7. The lowest BCUT2D eigenvalue weighted by molar-refractivity contribution is -0.137. The first-order valence-electron chi connectivity index (χ1n) is 13.6. The maximum absolute atomic E-state index is 15.1. The minimum Gasteiger partial charge on any atom is -0.375 e. The fraction of sp³-hybridized carbons (Fsp3) is 0.429. The Bertz CT molecular complexity index is 1880. The minimum absolute atomic E-state index is 0.0405. The molecule has 15 heteroatoms. The van der Waals surface area contributed by atoms with Crippen LogP contribution in [0.3, 0.4) is 0 Å². The van der Waals surface area contributed by atoms with Gasteiger partial charge in [0.05, 0.1) is 11.1 Å². The van der Waals surface area contributed by atoms with Crippen LogP contribution in [-0.4, -0.2) is 67.8 Å². The molecule has 1 amide bonds. The molecule has 3 aromatic heterocycles. The van der Waals surface area contributed by atoms with Crippen LogP contribution < -0.4 is 16.3 Å². The van der Waals surface area contributed by atoms with E-state index in [-0.39, 0.29) is 40.2 Å². The SMILES string of the molecule is C=CC(=O)N1C[C@H](C)N(c2nc(=O)n3c4c(c(-c5csc6sc(N)nc56)c(C(F)(F)F)cc24)SCC2(CSC2)C3)C[C@H]1C. The number of nitrogens with zero attached hydrogens (tertiary/aromatic N) is 5. The van der Waals surface area contributed by atoms with Crippen molar-refractivity contribution in [2.45, 2.75) is 43.5 Å². The Morgan fingerprint density at radius 2 is 1.95 bits per heavy atom. The van der Waals surface area contributed by atoms with E-state index in [1.54, 1.807) is 26.6 Å². The third kappa shape index (κ3) is 4.56. The molecular formula is C28H27F3N6O2S4. The van der Waals surface area contributed by atoms with Gasteiger partial charge in [-0.2, -0.15) is 29.9 Å². The Morgan fingerprint density at radius 1 is 1.19 bits per heavy atom. The predicted octanol–water partition coefficient (Wildman–Crippen LogP) is 5.79. The molecule has 1 spiro atoms. The zero-order valence-corrected chi connectivity index (χ0v) is 26.5. The van der Waals surface area contributed by atoms with Gasteiger partial charge in [-0.25, -0.2) is 9.78 Å². The fourth-order valence-corrected chi connectivity index (χ4v) is 11.1. The smallest absolute Gasteiger partial charge is 0.375 e. The number of nitrogen functional groups attached to an aromatic ring is 1. The van der Waals surface area contributed by atoms with E-state index in [9.17, 15) is 9.59 Å². The summed E-state index contributed by atoms with van der Waals surface area (Å²) in [7, 11) is 0. The van der Waals surface area contributed by atoms with Crippen molar-refractivity contribution in [3.8, 4) is 11.1 Å². The van der Waals surface area contributed by atoms with Crippen molar-refractivity contribution in [3.05, 3.63) is 40.1 Å². The number of fused-ring (bicyclic) bond motifs is 1. The first kappa shape index (κ1) is 29.0. The normalized spacial score (nSPS) is 21.8. The van der Waals surface area contributed by atoms with Crippen LogP contribution >= 0.6 is 46.2 Å². The second-order valence-electron chi connectivity index (χ2n) is 11.5. The molecule has 226 valence electrons. The van der Waals surface area contributed by atoms with Crippen molar-refractivity contribution in [2.75, 3.05) is 41.0 Å². The number of anilines is 2. The van der Waals surface area contributed by atoms with Gasteiger partial charge in [-0.1, -0.05) is 17.9 Å². The molecule has 7 rings (SSSR count). The first-order valence-corrected chi connectivity index (χ1v) is 17.5. The number of nitrogens with two attached hydrogens (primary N) is 1. The van der Waals surface area contributed by atoms with Gasteiger partial charge < -0.3 is 15.5 Å². The van der Waals surface area contributed by atoms with E-state index in [2.05, 4.69) is 16.5 Å². The van der Waals surface area contributed by atoms with Crippen LogP contribution in [0.25, 0.3) is 31.6 Å².